The highest BCUT2D eigenvalue weighted by atomic mass is 35.5. The number of halogens is 1. The molecule has 0 spiro atoms. The van der Waals surface area contributed by atoms with Gasteiger partial charge in [-0.3, -0.25) is 0 Å². The van der Waals surface area contributed by atoms with Crippen molar-refractivity contribution in [2.75, 3.05) is 6.61 Å². The van der Waals surface area contributed by atoms with Gasteiger partial charge in [-0.2, -0.15) is 0 Å². The highest BCUT2D eigenvalue weighted by molar-refractivity contribution is 6.36. The first-order valence-electron chi connectivity index (χ1n) is 9.39. The lowest BCUT2D eigenvalue weighted by atomic mass is 9.98. The number of nitrogens with zero attached hydrogens (tertiary/aromatic N) is 4. The fraction of sp³-hybridized carbons (Fsp3) is 0.333. The minimum absolute atomic E-state index is 0.0595. The molecule has 150 valence electrons. The zero-order valence-electron chi connectivity index (χ0n) is 16.5. The molecule has 29 heavy (non-hydrogen) atoms. The van der Waals surface area contributed by atoms with E-state index in [2.05, 4.69) is 26.9 Å². The van der Waals surface area contributed by atoms with Crippen molar-refractivity contribution < 1.29 is 9.84 Å². The predicted octanol–water partition coefficient (Wildman–Crippen LogP) is 4.05. The normalized spacial score (nSPS) is 13.1. The van der Waals surface area contributed by atoms with Crippen LogP contribution < -0.4 is 4.74 Å². The van der Waals surface area contributed by atoms with Crippen molar-refractivity contribution in [2.45, 2.75) is 38.7 Å². The first-order valence-corrected chi connectivity index (χ1v) is 9.77. The molecular weight excluding hydrogens is 390 g/mol. The van der Waals surface area contributed by atoms with Crippen LogP contribution in [0.25, 0.3) is 21.9 Å². The van der Waals surface area contributed by atoms with Gasteiger partial charge in [0.2, 0.25) is 5.88 Å². The first-order chi connectivity index (χ1) is 13.8. The van der Waals surface area contributed by atoms with Gasteiger partial charge in [0.15, 0.2) is 5.65 Å². The fourth-order valence-electron chi connectivity index (χ4n) is 3.22. The number of rotatable bonds is 6. The molecule has 0 aliphatic carbocycles. The third kappa shape index (κ3) is 4.16. The lowest BCUT2D eigenvalue weighted by Gasteiger charge is -2.20. The van der Waals surface area contributed by atoms with E-state index in [1.165, 1.54) is 6.33 Å². The summed E-state index contributed by atoms with van der Waals surface area (Å²) < 4.78 is 5.88. The number of imidazole rings is 1. The maximum atomic E-state index is 10.1. The van der Waals surface area contributed by atoms with Crippen molar-refractivity contribution in [1.29, 1.82) is 0 Å². The Morgan fingerprint density at radius 2 is 2.07 bits per heavy atom. The highest BCUT2D eigenvalue weighted by Gasteiger charge is 2.20. The van der Waals surface area contributed by atoms with Crippen LogP contribution in [-0.2, 0) is 6.42 Å². The zero-order valence-corrected chi connectivity index (χ0v) is 17.2. The van der Waals surface area contributed by atoms with Crippen molar-refractivity contribution >= 4 is 33.5 Å². The number of pyridine rings is 1. The van der Waals surface area contributed by atoms with E-state index in [-0.39, 0.29) is 12.5 Å². The van der Waals surface area contributed by atoms with Gasteiger partial charge in [0, 0.05) is 18.0 Å². The van der Waals surface area contributed by atoms with Gasteiger partial charge < -0.3 is 14.8 Å². The minimum atomic E-state index is -0.982. The number of H-pyrrole nitrogens is 1. The molecule has 1 aromatic carbocycles. The van der Waals surface area contributed by atoms with Crippen LogP contribution in [0.15, 0.2) is 36.9 Å². The van der Waals surface area contributed by atoms with E-state index in [9.17, 15) is 5.11 Å². The van der Waals surface area contributed by atoms with Crippen molar-refractivity contribution in [3.63, 3.8) is 0 Å². The topological polar surface area (TPSA) is 96.8 Å². The summed E-state index contributed by atoms with van der Waals surface area (Å²) in [5.41, 5.74) is 2.24. The van der Waals surface area contributed by atoms with Gasteiger partial charge >= 0.3 is 0 Å². The quantitative estimate of drug-likeness (QED) is 0.496. The molecule has 0 aliphatic heterocycles. The van der Waals surface area contributed by atoms with Crippen molar-refractivity contribution in [1.82, 2.24) is 24.9 Å². The first kappa shape index (κ1) is 19.5. The molecule has 0 unspecified atom stereocenters. The Morgan fingerprint density at radius 3 is 2.86 bits per heavy atom. The fourth-order valence-corrected chi connectivity index (χ4v) is 3.48. The number of aromatic nitrogens is 5. The van der Waals surface area contributed by atoms with Gasteiger partial charge in [-0.15, -0.1) is 0 Å². The van der Waals surface area contributed by atoms with Crippen LogP contribution in [0.4, 0.5) is 0 Å². The van der Waals surface area contributed by atoms with Crippen LogP contribution in [-0.4, -0.2) is 42.2 Å². The van der Waals surface area contributed by atoms with E-state index < -0.39 is 5.60 Å². The van der Waals surface area contributed by atoms with Crippen LogP contribution in [0.5, 0.6) is 5.88 Å². The molecular formula is C21H22ClN5O2. The summed E-state index contributed by atoms with van der Waals surface area (Å²) >= 11 is 6.42. The molecule has 0 bridgehead atoms. The molecule has 3 heterocycles. The number of fused-ring (bicyclic) bond motifs is 2. The van der Waals surface area contributed by atoms with Crippen LogP contribution >= 0.6 is 11.6 Å². The molecule has 4 aromatic rings. The maximum absolute atomic E-state index is 10.1. The van der Waals surface area contributed by atoms with E-state index in [1.54, 1.807) is 20.2 Å². The molecule has 0 saturated heterocycles. The summed E-state index contributed by atoms with van der Waals surface area (Å²) in [4.78, 5) is 20.6. The van der Waals surface area contributed by atoms with Gasteiger partial charge in [-0.25, -0.2) is 19.9 Å². The average molecular weight is 412 g/mol. The number of benzene rings is 1. The molecule has 4 rings (SSSR count). The van der Waals surface area contributed by atoms with Crippen molar-refractivity contribution in [3.8, 4) is 5.88 Å². The number of hydrogen-bond acceptors (Lipinski definition) is 6. The lowest BCUT2D eigenvalue weighted by Crippen LogP contribution is -2.28. The number of ether oxygens (including phenoxy) is 1. The molecule has 3 aromatic heterocycles. The average Bonchev–Trinajstić information content (AvgIpc) is 3.15. The largest absolute Gasteiger partial charge is 0.474 e. The summed E-state index contributed by atoms with van der Waals surface area (Å²) in [6, 6.07) is 7.71. The molecule has 0 radical (unpaired) electrons. The summed E-state index contributed by atoms with van der Waals surface area (Å²) in [7, 11) is 0. The Morgan fingerprint density at radius 1 is 1.24 bits per heavy atom. The van der Waals surface area contributed by atoms with Gasteiger partial charge in [0.05, 0.1) is 28.0 Å². The Labute approximate surface area is 173 Å². The molecule has 0 fully saturated rings. The van der Waals surface area contributed by atoms with Crippen LogP contribution in [0.3, 0.4) is 0 Å². The molecule has 0 amide bonds. The van der Waals surface area contributed by atoms with Crippen molar-refractivity contribution in [2.24, 2.45) is 0 Å². The molecule has 0 saturated carbocycles. The van der Waals surface area contributed by atoms with E-state index >= 15 is 0 Å². The molecule has 7 nitrogen and oxygen atoms in total. The standard InChI is InChI=1S/C21H22ClN5O2/c1-12(7-16-18-19(25-10-23-16)26-11-24-18)15-8-13-5-4-6-14(22)17(13)20(27-15)29-9-21(2,3)28/h4-6,8,10-12,28H,7,9H2,1-3H3,(H,23,24,25,26)/t12-/m1/s1. The summed E-state index contributed by atoms with van der Waals surface area (Å²) in [5, 5.41) is 12.3. The summed E-state index contributed by atoms with van der Waals surface area (Å²) in [6.07, 6.45) is 3.80. The second-order valence-electron chi connectivity index (χ2n) is 7.82. The summed E-state index contributed by atoms with van der Waals surface area (Å²) in [6.45, 7) is 5.57. The number of aromatic amines is 1. The van der Waals surface area contributed by atoms with Crippen LogP contribution in [0, 0.1) is 0 Å². The lowest BCUT2D eigenvalue weighted by molar-refractivity contribution is 0.0274. The monoisotopic (exact) mass is 411 g/mol. The second kappa shape index (κ2) is 7.57. The number of hydrogen-bond donors (Lipinski definition) is 2. The van der Waals surface area contributed by atoms with Gasteiger partial charge in [-0.05, 0) is 31.4 Å². The van der Waals surface area contributed by atoms with E-state index in [0.717, 1.165) is 27.7 Å². The zero-order chi connectivity index (χ0) is 20.6. The SMILES string of the molecule is C[C@H](Cc1ncnc2nc[nH]c12)c1cc2cccc(Cl)c2c(OCC(C)(C)O)n1. The minimum Gasteiger partial charge on any atom is -0.474 e. The van der Waals surface area contributed by atoms with Crippen molar-refractivity contribution in [3.05, 3.63) is 53.3 Å². The number of nitrogens with one attached hydrogen (secondary N) is 1. The number of aliphatic hydroxyl groups is 1. The molecule has 1 atom stereocenters. The highest BCUT2D eigenvalue weighted by Crippen LogP contribution is 2.34. The smallest absolute Gasteiger partial charge is 0.223 e. The molecule has 2 N–H and O–H groups in total. The Bertz CT molecular complexity index is 1170. The predicted molar refractivity (Wildman–Crippen MR) is 112 cm³/mol. The van der Waals surface area contributed by atoms with Gasteiger partial charge in [0.1, 0.15) is 18.5 Å². The Hall–Kier alpha value is -2.77. The van der Waals surface area contributed by atoms with Gasteiger partial charge in [0.25, 0.3) is 0 Å². The second-order valence-corrected chi connectivity index (χ2v) is 8.23. The Kier molecular flexibility index (Phi) is 5.10. The summed E-state index contributed by atoms with van der Waals surface area (Å²) in [5.74, 6) is 0.482. The van der Waals surface area contributed by atoms with E-state index in [0.29, 0.717) is 23.0 Å². The third-order valence-corrected chi connectivity index (χ3v) is 4.98. The van der Waals surface area contributed by atoms with Crippen LogP contribution in [0.1, 0.15) is 38.1 Å². The third-order valence-electron chi connectivity index (χ3n) is 4.66. The van der Waals surface area contributed by atoms with E-state index in [1.807, 2.05) is 24.3 Å². The Balaban J connectivity index is 1.72. The molecule has 0 aliphatic rings. The van der Waals surface area contributed by atoms with Crippen LogP contribution in [0.2, 0.25) is 5.02 Å². The molecule has 8 heteroatoms. The van der Waals surface area contributed by atoms with Gasteiger partial charge in [-0.1, -0.05) is 30.7 Å². The van der Waals surface area contributed by atoms with E-state index in [4.69, 9.17) is 21.3 Å². The maximum Gasteiger partial charge on any atom is 0.223 e.